The number of carbonyl (C=O) groups is 1. The number of hydrogen-bond donors (Lipinski definition) is 0. The van der Waals surface area contributed by atoms with Crippen LogP contribution in [-0.4, -0.2) is 29.9 Å². The Kier molecular flexibility index (Phi) is 5.31. The standard InChI is InChI=1S/C24H29NO2/c1-17-11-19(15-23(12-17)27-2)24(26)20-13-21-9-6-10-22(14-20)25(21)16-18-7-4-3-5-8-18/h3-5,7-8,11-12,15,20-22H,6,9-10,13-14,16H2,1-2H3. The summed E-state index contributed by atoms with van der Waals surface area (Å²) in [5.41, 5.74) is 3.27. The van der Waals surface area contributed by atoms with Gasteiger partial charge in [-0.3, -0.25) is 9.69 Å². The van der Waals surface area contributed by atoms with Crippen LogP contribution in [0.15, 0.2) is 48.5 Å². The Morgan fingerprint density at radius 2 is 1.78 bits per heavy atom. The van der Waals surface area contributed by atoms with Crippen molar-refractivity contribution >= 4 is 5.78 Å². The number of carbonyl (C=O) groups excluding carboxylic acids is 1. The summed E-state index contributed by atoms with van der Waals surface area (Å²) in [6.45, 7) is 3.03. The van der Waals surface area contributed by atoms with Crippen LogP contribution in [0.25, 0.3) is 0 Å². The average Bonchev–Trinajstić information content (AvgIpc) is 2.67. The molecule has 2 aromatic carbocycles. The molecule has 27 heavy (non-hydrogen) atoms. The van der Waals surface area contributed by atoms with E-state index in [0.717, 1.165) is 36.3 Å². The minimum Gasteiger partial charge on any atom is -0.497 e. The van der Waals surface area contributed by atoms with E-state index in [0.29, 0.717) is 17.9 Å². The van der Waals surface area contributed by atoms with Gasteiger partial charge in [0.25, 0.3) is 0 Å². The van der Waals surface area contributed by atoms with E-state index in [1.165, 1.54) is 24.8 Å². The molecule has 2 bridgehead atoms. The van der Waals surface area contributed by atoms with E-state index in [-0.39, 0.29) is 5.92 Å². The van der Waals surface area contributed by atoms with Gasteiger partial charge in [-0.25, -0.2) is 0 Å². The quantitative estimate of drug-likeness (QED) is 0.699. The van der Waals surface area contributed by atoms with Crippen molar-refractivity contribution in [1.29, 1.82) is 0 Å². The summed E-state index contributed by atoms with van der Waals surface area (Å²) in [5.74, 6) is 1.21. The molecule has 0 radical (unpaired) electrons. The molecule has 2 atom stereocenters. The fourth-order valence-corrected chi connectivity index (χ4v) is 4.99. The maximum absolute atomic E-state index is 13.2. The number of benzene rings is 2. The highest BCUT2D eigenvalue weighted by Crippen LogP contribution is 2.39. The van der Waals surface area contributed by atoms with Gasteiger partial charge in [0.1, 0.15) is 5.75 Å². The Hall–Kier alpha value is -2.13. The van der Waals surface area contributed by atoms with E-state index in [9.17, 15) is 4.79 Å². The van der Waals surface area contributed by atoms with Crippen LogP contribution in [0.1, 0.15) is 53.6 Å². The van der Waals surface area contributed by atoms with E-state index in [1.807, 2.05) is 25.1 Å². The van der Waals surface area contributed by atoms with Gasteiger partial charge in [0, 0.05) is 30.1 Å². The summed E-state index contributed by atoms with van der Waals surface area (Å²) < 4.78 is 5.37. The Balaban J connectivity index is 1.51. The lowest BCUT2D eigenvalue weighted by Crippen LogP contribution is -2.52. The summed E-state index contributed by atoms with van der Waals surface area (Å²) in [4.78, 5) is 15.9. The SMILES string of the molecule is COc1cc(C)cc(C(=O)C2CC3CCCC(C2)N3Cc2ccccc2)c1. The van der Waals surface area contributed by atoms with Gasteiger partial charge in [-0.1, -0.05) is 36.8 Å². The molecular formula is C24H29NO2. The maximum Gasteiger partial charge on any atom is 0.166 e. The molecule has 0 N–H and O–H groups in total. The van der Waals surface area contributed by atoms with Gasteiger partial charge in [0.15, 0.2) is 5.78 Å². The number of Topliss-reactive ketones (excluding diaryl/α,β-unsaturated/α-hetero) is 1. The predicted octanol–water partition coefficient (Wildman–Crippen LogP) is 5.02. The molecule has 142 valence electrons. The summed E-state index contributed by atoms with van der Waals surface area (Å²) in [6.07, 6.45) is 5.69. The minimum absolute atomic E-state index is 0.138. The van der Waals surface area contributed by atoms with Gasteiger partial charge in [-0.15, -0.1) is 0 Å². The van der Waals surface area contributed by atoms with Gasteiger partial charge in [-0.2, -0.15) is 0 Å². The molecule has 0 amide bonds. The number of rotatable bonds is 5. The van der Waals surface area contributed by atoms with Crippen molar-refractivity contribution in [1.82, 2.24) is 4.90 Å². The molecule has 0 saturated carbocycles. The fourth-order valence-electron chi connectivity index (χ4n) is 4.99. The first-order chi connectivity index (χ1) is 13.1. The van der Waals surface area contributed by atoms with Crippen LogP contribution >= 0.6 is 0 Å². The van der Waals surface area contributed by atoms with Crippen LogP contribution in [0.5, 0.6) is 5.75 Å². The number of ether oxygens (including phenoxy) is 1. The van der Waals surface area contributed by atoms with Crippen molar-refractivity contribution in [3.63, 3.8) is 0 Å². The zero-order valence-corrected chi connectivity index (χ0v) is 16.4. The zero-order chi connectivity index (χ0) is 18.8. The Morgan fingerprint density at radius 3 is 2.44 bits per heavy atom. The third-order valence-corrected chi connectivity index (χ3v) is 6.28. The first-order valence-corrected chi connectivity index (χ1v) is 10.1. The number of methoxy groups -OCH3 is 1. The fraction of sp³-hybridized carbons (Fsp3) is 0.458. The molecule has 0 spiro atoms. The largest absolute Gasteiger partial charge is 0.497 e. The van der Waals surface area contributed by atoms with Crippen molar-refractivity contribution in [2.75, 3.05) is 7.11 Å². The third-order valence-electron chi connectivity index (χ3n) is 6.28. The molecular weight excluding hydrogens is 334 g/mol. The van der Waals surface area contributed by atoms with Gasteiger partial charge in [0.05, 0.1) is 7.11 Å². The zero-order valence-electron chi connectivity index (χ0n) is 16.4. The number of hydrogen-bond acceptors (Lipinski definition) is 3. The highest BCUT2D eigenvalue weighted by Gasteiger charge is 2.40. The van der Waals surface area contributed by atoms with Crippen molar-refractivity contribution < 1.29 is 9.53 Å². The second-order valence-corrected chi connectivity index (χ2v) is 8.17. The van der Waals surface area contributed by atoms with Gasteiger partial charge < -0.3 is 4.74 Å². The van der Waals surface area contributed by atoms with E-state index in [1.54, 1.807) is 7.11 Å². The van der Waals surface area contributed by atoms with E-state index in [2.05, 4.69) is 35.2 Å². The van der Waals surface area contributed by atoms with E-state index in [4.69, 9.17) is 4.74 Å². The normalized spacial score (nSPS) is 25.2. The second-order valence-electron chi connectivity index (χ2n) is 8.17. The molecule has 3 nitrogen and oxygen atoms in total. The van der Waals surface area contributed by atoms with Crippen LogP contribution < -0.4 is 4.74 Å². The Morgan fingerprint density at radius 1 is 1.07 bits per heavy atom. The number of fused-ring (bicyclic) bond motifs is 2. The van der Waals surface area contributed by atoms with Gasteiger partial charge >= 0.3 is 0 Å². The minimum atomic E-state index is 0.138. The first kappa shape index (κ1) is 18.2. The Bertz CT molecular complexity index is 787. The third kappa shape index (κ3) is 3.93. The summed E-state index contributed by atoms with van der Waals surface area (Å²) in [6, 6.07) is 17.7. The first-order valence-electron chi connectivity index (χ1n) is 10.1. The lowest BCUT2D eigenvalue weighted by Gasteiger charge is -2.48. The van der Waals surface area contributed by atoms with E-state index >= 15 is 0 Å². The molecule has 2 saturated heterocycles. The highest BCUT2D eigenvalue weighted by atomic mass is 16.5. The number of nitrogens with zero attached hydrogens (tertiary/aromatic N) is 1. The Labute approximate surface area is 162 Å². The summed E-state index contributed by atoms with van der Waals surface area (Å²) in [7, 11) is 1.66. The topological polar surface area (TPSA) is 29.5 Å². The number of ketones is 1. The van der Waals surface area contributed by atoms with Crippen molar-refractivity contribution in [2.24, 2.45) is 5.92 Å². The molecule has 4 rings (SSSR count). The van der Waals surface area contributed by atoms with Crippen LogP contribution in [-0.2, 0) is 6.54 Å². The number of aryl methyl sites for hydroxylation is 1. The summed E-state index contributed by atoms with van der Waals surface area (Å²) >= 11 is 0. The van der Waals surface area contributed by atoms with Gasteiger partial charge in [0.2, 0.25) is 0 Å². The van der Waals surface area contributed by atoms with Crippen LogP contribution in [0.3, 0.4) is 0 Å². The lowest BCUT2D eigenvalue weighted by molar-refractivity contribution is 0.00905. The molecule has 0 aromatic heterocycles. The van der Waals surface area contributed by atoms with E-state index < -0.39 is 0 Å². The smallest absolute Gasteiger partial charge is 0.166 e. The van der Waals surface area contributed by atoms with Crippen molar-refractivity contribution in [2.45, 2.75) is 57.7 Å². The highest BCUT2D eigenvalue weighted by molar-refractivity contribution is 5.98. The van der Waals surface area contributed by atoms with Crippen molar-refractivity contribution in [3.8, 4) is 5.75 Å². The molecule has 2 unspecified atom stereocenters. The molecule has 3 heteroatoms. The van der Waals surface area contributed by atoms with Gasteiger partial charge in [-0.05, 0) is 61.9 Å². The summed E-state index contributed by atoms with van der Waals surface area (Å²) in [5, 5.41) is 0. The molecule has 2 aliphatic rings. The molecule has 2 heterocycles. The molecule has 2 fully saturated rings. The second kappa shape index (κ2) is 7.85. The molecule has 2 aromatic rings. The van der Waals surface area contributed by atoms with Crippen molar-refractivity contribution in [3.05, 3.63) is 65.2 Å². The molecule has 0 aliphatic carbocycles. The van der Waals surface area contributed by atoms with Crippen LogP contribution in [0, 0.1) is 12.8 Å². The van der Waals surface area contributed by atoms with Crippen LogP contribution in [0.2, 0.25) is 0 Å². The average molecular weight is 364 g/mol. The predicted molar refractivity (Wildman–Crippen MR) is 108 cm³/mol. The molecule has 2 aliphatic heterocycles. The van der Waals surface area contributed by atoms with Crippen LogP contribution in [0.4, 0.5) is 0 Å². The number of piperidine rings is 2. The monoisotopic (exact) mass is 363 g/mol. The maximum atomic E-state index is 13.2. The lowest BCUT2D eigenvalue weighted by atomic mass is 9.75.